The van der Waals surface area contributed by atoms with Crippen LogP contribution in [0.5, 0.6) is 0 Å². The highest BCUT2D eigenvalue weighted by atomic mass is 32.2. The molecule has 0 saturated carbocycles. The van der Waals surface area contributed by atoms with Crippen molar-refractivity contribution in [2.24, 2.45) is 5.92 Å². The van der Waals surface area contributed by atoms with Gasteiger partial charge in [0, 0.05) is 24.3 Å². The Morgan fingerprint density at radius 2 is 1.88 bits per heavy atom. The Balaban J connectivity index is 1.78. The lowest BCUT2D eigenvalue weighted by molar-refractivity contribution is -0.125. The van der Waals surface area contributed by atoms with Gasteiger partial charge in [-0.3, -0.25) is 14.3 Å². The molecule has 1 aliphatic rings. The lowest BCUT2D eigenvalue weighted by Gasteiger charge is -2.24. The average molecular weight is 458 g/mol. The van der Waals surface area contributed by atoms with E-state index in [0.29, 0.717) is 42.2 Å². The minimum atomic E-state index is -3.80. The summed E-state index contributed by atoms with van der Waals surface area (Å²) >= 11 is 0. The van der Waals surface area contributed by atoms with E-state index < -0.39 is 16.1 Å². The summed E-state index contributed by atoms with van der Waals surface area (Å²) in [6.45, 7) is 8.75. The minimum absolute atomic E-state index is 0.142. The number of nitrogens with one attached hydrogen (secondary N) is 2. The zero-order chi connectivity index (χ0) is 23.5. The molecular weight excluding hydrogens is 426 g/mol. The van der Waals surface area contributed by atoms with Gasteiger partial charge in [-0.05, 0) is 62.4 Å². The van der Waals surface area contributed by atoms with Crippen LogP contribution in [0.2, 0.25) is 0 Å². The first kappa shape index (κ1) is 23.8. The van der Waals surface area contributed by atoms with Gasteiger partial charge in [0.2, 0.25) is 5.91 Å². The van der Waals surface area contributed by atoms with Crippen LogP contribution in [0, 0.1) is 19.8 Å². The summed E-state index contributed by atoms with van der Waals surface area (Å²) in [5.41, 5.74) is 2.27. The highest BCUT2D eigenvalue weighted by Gasteiger charge is 2.34. The lowest BCUT2D eigenvalue weighted by atomic mass is 10.1. The highest BCUT2D eigenvalue weighted by Crippen LogP contribution is 2.24. The van der Waals surface area contributed by atoms with Crippen molar-refractivity contribution in [3.05, 3.63) is 59.2 Å². The molecule has 2 aromatic carbocycles. The molecule has 8 heteroatoms. The topological polar surface area (TPSA) is 95.6 Å². The number of carbonyl (C=O) groups excluding carboxylic acids is 2. The molecule has 0 bridgehead atoms. The molecule has 0 spiro atoms. The van der Waals surface area contributed by atoms with Gasteiger partial charge in [0.1, 0.15) is 6.04 Å². The third kappa shape index (κ3) is 5.48. The van der Waals surface area contributed by atoms with E-state index in [4.69, 9.17) is 0 Å². The van der Waals surface area contributed by atoms with Gasteiger partial charge >= 0.3 is 0 Å². The van der Waals surface area contributed by atoms with Crippen LogP contribution < -0.4 is 10.0 Å². The SMILES string of the molecule is Cc1ccc(S(=O)(=O)Nc2cccc(C(=O)N3CCC[C@@H]3C(=O)NCC(C)C)c2)c(C)c1. The van der Waals surface area contributed by atoms with Gasteiger partial charge in [0.25, 0.3) is 15.9 Å². The summed E-state index contributed by atoms with van der Waals surface area (Å²) in [5, 5.41) is 2.91. The van der Waals surface area contributed by atoms with Crippen molar-refractivity contribution in [3.63, 3.8) is 0 Å². The number of amides is 2. The van der Waals surface area contributed by atoms with Crippen molar-refractivity contribution in [2.45, 2.75) is 51.5 Å². The molecule has 1 aliphatic heterocycles. The minimum Gasteiger partial charge on any atom is -0.354 e. The fraction of sp³-hybridized carbons (Fsp3) is 0.417. The maximum atomic E-state index is 13.1. The van der Waals surface area contributed by atoms with E-state index in [1.165, 1.54) is 6.07 Å². The number of likely N-dealkylation sites (tertiary alicyclic amines) is 1. The molecule has 0 unspecified atom stereocenters. The van der Waals surface area contributed by atoms with Crippen molar-refractivity contribution in [1.82, 2.24) is 10.2 Å². The first-order valence-electron chi connectivity index (χ1n) is 10.9. The molecule has 2 amide bonds. The molecule has 0 aromatic heterocycles. The van der Waals surface area contributed by atoms with E-state index >= 15 is 0 Å². The standard InChI is InChI=1S/C24H31N3O4S/c1-16(2)15-25-23(28)21-9-6-12-27(21)24(29)19-7-5-8-20(14-19)26-32(30,31)22-11-10-17(3)13-18(22)4/h5,7-8,10-11,13-14,16,21,26H,6,9,12,15H2,1-4H3,(H,25,28)/t21-/m1/s1. The molecule has 3 rings (SSSR count). The molecule has 1 heterocycles. The lowest BCUT2D eigenvalue weighted by Crippen LogP contribution is -2.46. The Labute approximate surface area is 190 Å². The Morgan fingerprint density at radius 3 is 2.56 bits per heavy atom. The Hall–Kier alpha value is -2.87. The molecule has 0 aliphatic carbocycles. The molecule has 172 valence electrons. The Bertz CT molecular complexity index is 1110. The van der Waals surface area contributed by atoms with Gasteiger partial charge in [0.05, 0.1) is 4.90 Å². The predicted molar refractivity (Wildman–Crippen MR) is 125 cm³/mol. The Kier molecular flexibility index (Phi) is 7.23. The van der Waals surface area contributed by atoms with Crippen LogP contribution in [-0.2, 0) is 14.8 Å². The van der Waals surface area contributed by atoms with Crippen LogP contribution >= 0.6 is 0 Å². The molecule has 1 fully saturated rings. The van der Waals surface area contributed by atoms with Gasteiger partial charge in [0.15, 0.2) is 0 Å². The summed E-state index contributed by atoms with van der Waals surface area (Å²) in [6, 6.07) is 11.0. The summed E-state index contributed by atoms with van der Waals surface area (Å²) < 4.78 is 28.3. The molecular formula is C24H31N3O4S. The third-order valence-corrected chi connectivity index (χ3v) is 7.02. The number of anilines is 1. The van der Waals surface area contributed by atoms with Crippen molar-refractivity contribution in [3.8, 4) is 0 Å². The van der Waals surface area contributed by atoms with Crippen LogP contribution in [-0.4, -0.2) is 44.3 Å². The second-order valence-electron chi connectivity index (χ2n) is 8.75. The van der Waals surface area contributed by atoms with E-state index in [-0.39, 0.29) is 16.7 Å². The number of carbonyl (C=O) groups is 2. The third-order valence-electron chi connectivity index (χ3n) is 5.48. The van der Waals surface area contributed by atoms with E-state index in [1.807, 2.05) is 26.8 Å². The van der Waals surface area contributed by atoms with Crippen molar-refractivity contribution >= 4 is 27.5 Å². The fourth-order valence-electron chi connectivity index (χ4n) is 3.90. The molecule has 2 N–H and O–H groups in total. The summed E-state index contributed by atoms with van der Waals surface area (Å²) in [4.78, 5) is 27.5. The van der Waals surface area contributed by atoms with E-state index in [9.17, 15) is 18.0 Å². The quantitative estimate of drug-likeness (QED) is 0.665. The largest absolute Gasteiger partial charge is 0.354 e. The predicted octanol–water partition coefficient (Wildman–Crippen LogP) is 3.48. The molecule has 7 nitrogen and oxygen atoms in total. The van der Waals surface area contributed by atoms with Crippen LogP contribution in [0.1, 0.15) is 48.2 Å². The van der Waals surface area contributed by atoms with E-state index in [2.05, 4.69) is 10.0 Å². The Morgan fingerprint density at radius 1 is 1.12 bits per heavy atom. The van der Waals surface area contributed by atoms with Crippen molar-refractivity contribution in [1.29, 1.82) is 0 Å². The monoisotopic (exact) mass is 457 g/mol. The second-order valence-corrected chi connectivity index (χ2v) is 10.4. The normalized spacial score (nSPS) is 16.3. The number of rotatable bonds is 7. The van der Waals surface area contributed by atoms with Gasteiger partial charge < -0.3 is 10.2 Å². The molecule has 32 heavy (non-hydrogen) atoms. The second kappa shape index (κ2) is 9.73. The summed E-state index contributed by atoms with van der Waals surface area (Å²) in [7, 11) is -3.80. The first-order valence-corrected chi connectivity index (χ1v) is 12.4. The zero-order valence-corrected chi connectivity index (χ0v) is 19.8. The molecule has 1 saturated heterocycles. The van der Waals surface area contributed by atoms with Gasteiger partial charge in [-0.15, -0.1) is 0 Å². The van der Waals surface area contributed by atoms with Gasteiger partial charge in [-0.25, -0.2) is 8.42 Å². The fourth-order valence-corrected chi connectivity index (χ4v) is 5.17. The highest BCUT2D eigenvalue weighted by molar-refractivity contribution is 7.92. The number of benzene rings is 2. The van der Waals surface area contributed by atoms with E-state index in [0.717, 1.165) is 12.0 Å². The smallest absolute Gasteiger partial charge is 0.262 e. The molecule has 1 atom stereocenters. The molecule has 2 aromatic rings. The van der Waals surface area contributed by atoms with Crippen LogP contribution in [0.25, 0.3) is 0 Å². The maximum absolute atomic E-state index is 13.1. The first-order chi connectivity index (χ1) is 15.1. The van der Waals surface area contributed by atoms with Gasteiger partial charge in [-0.1, -0.05) is 37.6 Å². The number of sulfonamides is 1. The maximum Gasteiger partial charge on any atom is 0.262 e. The zero-order valence-electron chi connectivity index (χ0n) is 19.0. The number of hydrogen-bond acceptors (Lipinski definition) is 4. The van der Waals surface area contributed by atoms with Gasteiger partial charge in [-0.2, -0.15) is 0 Å². The average Bonchev–Trinajstić information content (AvgIpc) is 3.21. The van der Waals surface area contributed by atoms with Crippen molar-refractivity contribution in [2.75, 3.05) is 17.8 Å². The number of nitrogens with zero attached hydrogens (tertiary/aromatic N) is 1. The number of hydrogen-bond donors (Lipinski definition) is 2. The van der Waals surface area contributed by atoms with Crippen LogP contribution in [0.4, 0.5) is 5.69 Å². The van der Waals surface area contributed by atoms with Crippen LogP contribution in [0.3, 0.4) is 0 Å². The van der Waals surface area contributed by atoms with Crippen LogP contribution in [0.15, 0.2) is 47.4 Å². The van der Waals surface area contributed by atoms with E-state index in [1.54, 1.807) is 42.2 Å². The summed E-state index contributed by atoms with van der Waals surface area (Å²) in [6.07, 6.45) is 1.37. The molecule has 0 radical (unpaired) electrons. The number of aryl methyl sites for hydroxylation is 2. The summed E-state index contributed by atoms with van der Waals surface area (Å²) in [5.74, 6) is -0.0950. The van der Waals surface area contributed by atoms with Crippen molar-refractivity contribution < 1.29 is 18.0 Å².